The Morgan fingerprint density at radius 2 is 1.97 bits per heavy atom. The van der Waals surface area contributed by atoms with Crippen LogP contribution in [0.5, 0.6) is 0 Å². The molecule has 1 saturated heterocycles. The van der Waals surface area contributed by atoms with Crippen molar-refractivity contribution in [3.8, 4) is 0 Å². The van der Waals surface area contributed by atoms with Crippen LogP contribution in [0.15, 0.2) is 51.9 Å². The van der Waals surface area contributed by atoms with Gasteiger partial charge in [0.15, 0.2) is 0 Å². The second-order valence-electron chi connectivity index (χ2n) is 9.34. The van der Waals surface area contributed by atoms with Crippen molar-refractivity contribution in [3.63, 3.8) is 0 Å². The van der Waals surface area contributed by atoms with E-state index in [9.17, 15) is 9.59 Å². The van der Waals surface area contributed by atoms with Crippen LogP contribution in [-0.2, 0) is 28.9 Å². The molecule has 0 aliphatic carbocycles. The lowest BCUT2D eigenvalue weighted by atomic mass is 9.92. The molecule has 0 saturated carbocycles. The average Bonchev–Trinajstić information content (AvgIpc) is 3.24. The van der Waals surface area contributed by atoms with Gasteiger partial charge < -0.3 is 14.5 Å². The third-order valence-electron chi connectivity index (χ3n) is 6.88. The van der Waals surface area contributed by atoms with Gasteiger partial charge in [0, 0.05) is 61.0 Å². The molecule has 0 atom stereocenters. The van der Waals surface area contributed by atoms with Crippen LogP contribution < -0.4 is 10.9 Å². The van der Waals surface area contributed by atoms with Gasteiger partial charge >= 0.3 is 0 Å². The van der Waals surface area contributed by atoms with Crippen molar-refractivity contribution in [3.05, 3.63) is 80.7 Å². The first-order chi connectivity index (χ1) is 17.9. The van der Waals surface area contributed by atoms with E-state index in [0.717, 1.165) is 34.4 Å². The van der Waals surface area contributed by atoms with Crippen LogP contribution in [0.3, 0.4) is 0 Å². The fourth-order valence-corrected chi connectivity index (χ4v) is 4.84. The predicted octanol–water partition coefficient (Wildman–Crippen LogP) is 5.24. The second kappa shape index (κ2) is 10.9. The van der Waals surface area contributed by atoms with Gasteiger partial charge in [-0.1, -0.05) is 18.5 Å². The van der Waals surface area contributed by atoms with E-state index in [1.54, 1.807) is 18.3 Å². The van der Waals surface area contributed by atoms with Gasteiger partial charge in [0.2, 0.25) is 5.95 Å². The van der Waals surface area contributed by atoms with Crippen molar-refractivity contribution in [2.75, 3.05) is 18.5 Å². The third-order valence-corrected chi connectivity index (χ3v) is 7.10. The number of hydrogen-bond donors (Lipinski definition) is 1. The quantitative estimate of drug-likeness (QED) is 0.339. The molecule has 5 rings (SSSR count). The number of rotatable bonds is 8. The summed E-state index contributed by atoms with van der Waals surface area (Å²) in [6.45, 7) is 5.43. The maximum atomic E-state index is 13.6. The Morgan fingerprint density at radius 3 is 2.70 bits per heavy atom. The van der Waals surface area contributed by atoms with E-state index in [1.165, 1.54) is 10.8 Å². The first kappa shape index (κ1) is 25.2. The Bertz CT molecular complexity index is 1490. The minimum absolute atomic E-state index is 0.0464. The molecule has 1 aromatic carbocycles. The summed E-state index contributed by atoms with van der Waals surface area (Å²) in [4.78, 5) is 35.4. The lowest BCUT2D eigenvalue weighted by Crippen LogP contribution is -2.31. The standard InChI is InChI=1S/C28H29ClN4O4/c1-3-25-17(2)23-13-21(6-7-26(23)37-25)32-28-31-14-19(12-24(34)18-8-10-36-11-9-18)27(35)33(28)16-22-5-4-20(29)15-30-22/h4-7,13-15,18H,3,8-12,16H2,1-2H3,(H,31,32). The summed E-state index contributed by atoms with van der Waals surface area (Å²) >= 11 is 6.00. The van der Waals surface area contributed by atoms with Crippen LogP contribution >= 0.6 is 11.6 Å². The minimum atomic E-state index is -0.275. The SMILES string of the molecule is CCc1oc2ccc(Nc3ncc(CC(=O)C4CCOCC4)c(=O)n3Cc3ccc(Cl)cn3)cc2c1C. The molecule has 9 heteroatoms. The Labute approximate surface area is 219 Å². The van der Waals surface area contributed by atoms with E-state index >= 15 is 0 Å². The number of hydrogen-bond acceptors (Lipinski definition) is 7. The highest BCUT2D eigenvalue weighted by atomic mass is 35.5. The molecule has 1 aliphatic heterocycles. The van der Waals surface area contributed by atoms with E-state index < -0.39 is 0 Å². The number of aromatic nitrogens is 3. The molecule has 0 radical (unpaired) electrons. The molecule has 8 nitrogen and oxygen atoms in total. The highest BCUT2D eigenvalue weighted by Gasteiger charge is 2.23. The van der Waals surface area contributed by atoms with Gasteiger partial charge in [0.05, 0.1) is 17.3 Å². The van der Waals surface area contributed by atoms with Crippen molar-refractivity contribution in [1.82, 2.24) is 14.5 Å². The van der Waals surface area contributed by atoms with E-state index in [2.05, 4.69) is 22.2 Å². The number of anilines is 2. The Balaban J connectivity index is 1.49. The number of fused-ring (bicyclic) bond motifs is 1. The van der Waals surface area contributed by atoms with Gasteiger partial charge in [-0.15, -0.1) is 0 Å². The van der Waals surface area contributed by atoms with Crippen molar-refractivity contribution in [2.45, 2.75) is 46.1 Å². The number of ketones is 1. The number of ether oxygens (including phenoxy) is 1. The number of Topliss-reactive ketones (excluding diaryl/α,β-unsaturated/α-hetero) is 1. The number of aryl methyl sites for hydroxylation is 2. The summed E-state index contributed by atoms with van der Waals surface area (Å²) in [5.74, 6) is 1.27. The van der Waals surface area contributed by atoms with Gasteiger partial charge in [0.25, 0.3) is 5.56 Å². The zero-order valence-corrected chi connectivity index (χ0v) is 21.7. The van der Waals surface area contributed by atoms with E-state index in [0.29, 0.717) is 48.3 Å². The number of furan rings is 1. The van der Waals surface area contributed by atoms with Gasteiger partial charge in [-0.25, -0.2) is 4.98 Å². The van der Waals surface area contributed by atoms with Gasteiger partial charge in [0.1, 0.15) is 17.1 Å². The molecule has 0 amide bonds. The normalized spacial score (nSPS) is 14.2. The molecular weight excluding hydrogens is 492 g/mol. The highest BCUT2D eigenvalue weighted by molar-refractivity contribution is 6.30. The Kier molecular flexibility index (Phi) is 7.39. The molecule has 1 N–H and O–H groups in total. The number of pyridine rings is 1. The number of nitrogens with zero attached hydrogens (tertiary/aromatic N) is 3. The van der Waals surface area contributed by atoms with Crippen LogP contribution in [0.25, 0.3) is 11.0 Å². The molecular formula is C28H29ClN4O4. The zero-order valence-electron chi connectivity index (χ0n) is 20.9. The summed E-state index contributed by atoms with van der Waals surface area (Å²) in [5, 5.41) is 4.81. The van der Waals surface area contributed by atoms with Crippen LogP contribution in [-0.4, -0.2) is 33.5 Å². The molecule has 4 heterocycles. The molecule has 4 aromatic rings. The molecule has 37 heavy (non-hydrogen) atoms. The fourth-order valence-electron chi connectivity index (χ4n) is 4.73. The molecule has 3 aromatic heterocycles. The number of nitrogens with one attached hydrogen (secondary N) is 1. The monoisotopic (exact) mass is 520 g/mol. The second-order valence-corrected chi connectivity index (χ2v) is 9.77. The van der Waals surface area contributed by atoms with Crippen LogP contribution in [0.1, 0.15) is 42.3 Å². The smallest absolute Gasteiger partial charge is 0.258 e. The lowest BCUT2D eigenvalue weighted by Gasteiger charge is -2.21. The average molecular weight is 521 g/mol. The highest BCUT2D eigenvalue weighted by Crippen LogP contribution is 2.29. The van der Waals surface area contributed by atoms with E-state index in [4.69, 9.17) is 20.8 Å². The van der Waals surface area contributed by atoms with Gasteiger partial charge in [-0.2, -0.15) is 0 Å². The van der Waals surface area contributed by atoms with Crippen molar-refractivity contribution in [1.29, 1.82) is 0 Å². The summed E-state index contributed by atoms with van der Waals surface area (Å²) in [7, 11) is 0. The third kappa shape index (κ3) is 5.45. The Morgan fingerprint density at radius 1 is 1.16 bits per heavy atom. The van der Waals surface area contributed by atoms with Crippen molar-refractivity contribution >= 4 is 40.0 Å². The van der Waals surface area contributed by atoms with E-state index in [-0.39, 0.29) is 30.2 Å². The number of benzene rings is 1. The summed E-state index contributed by atoms with van der Waals surface area (Å²) in [6, 6.07) is 9.30. The van der Waals surface area contributed by atoms with Crippen LogP contribution in [0.2, 0.25) is 5.02 Å². The number of carbonyl (C=O) groups is 1. The first-order valence-electron chi connectivity index (χ1n) is 12.5. The topological polar surface area (TPSA) is 99.3 Å². The molecule has 1 fully saturated rings. The predicted molar refractivity (Wildman–Crippen MR) is 143 cm³/mol. The van der Waals surface area contributed by atoms with Crippen LogP contribution in [0, 0.1) is 12.8 Å². The summed E-state index contributed by atoms with van der Waals surface area (Å²) < 4.78 is 12.8. The summed E-state index contributed by atoms with van der Waals surface area (Å²) in [6.07, 6.45) is 5.28. The lowest BCUT2D eigenvalue weighted by molar-refractivity contribution is -0.125. The molecule has 0 bridgehead atoms. The molecule has 192 valence electrons. The number of halogens is 1. The maximum absolute atomic E-state index is 13.6. The number of carbonyl (C=O) groups excluding carboxylic acids is 1. The minimum Gasteiger partial charge on any atom is -0.461 e. The van der Waals surface area contributed by atoms with E-state index in [1.807, 2.05) is 25.1 Å². The Hall–Kier alpha value is -3.49. The van der Waals surface area contributed by atoms with Gasteiger partial charge in [-0.05, 0) is 55.7 Å². The van der Waals surface area contributed by atoms with Crippen molar-refractivity contribution < 1.29 is 13.9 Å². The molecule has 1 aliphatic rings. The molecule has 0 spiro atoms. The van der Waals surface area contributed by atoms with Gasteiger partial charge in [-0.3, -0.25) is 19.1 Å². The first-order valence-corrected chi connectivity index (χ1v) is 12.9. The largest absolute Gasteiger partial charge is 0.461 e. The van der Waals surface area contributed by atoms with Crippen LogP contribution in [0.4, 0.5) is 11.6 Å². The zero-order chi connectivity index (χ0) is 25.9. The van der Waals surface area contributed by atoms with Crippen molar-refractivity contribution in [2.24, 2.45) is 5.92 Å². The summed E-state index contributed by atoms with van der Waals surface area (Å²) in [5.41, 5.74) is 3.43. The maximum Gasteiger partial charge on any atom is 0.258 e. The molecule has 0 unspecified atom stereocenters. The fraction of sp³-hybridized carbons (Fsp3) is 0.357.